The zero-order valence-corrected chi connectivity index (χ0v) is 11.7. The summed E-state index contributed by atoms with van der Waals surface area (Å²) in [4.78, 5) is 19.7. The lowest BCUT2D eigenvalue weighted by atomic mass is 10.3. The summed E-state index contributed by atoms with van der Waals surface area (Å²) in [5.41, 5.74) is 0. The van der Waals surface area contributed by atoms with Gasteiger partial charge in [-0.2, -0.15) is 0 Å². The standard InChI is InChI=1S/C14H22N2O3/c1-3-15(4-2)11-12-7-8-13(19-12)14(17)16-9-5-6-10-18-16/h7-8H,3-6,9-11H2,1-2H3. The molecule has 0 saturated carbocycles. The predicted octanol–water partition coefficient (Wildman–Crippen LogP) is 2.29. The molecule has 19 heavy (non-hydrogen) atoms. The Morgan fingerprint density at radius 3 is 2.74 bits per heavy atom. The van der Waals surface area contributed by atoms with Crippen LogP contribution in [0.15, 0.2) is 16.5 Å². The van der Waals surface area contributed by atoms with Crippen LogP contribution in [0.1, 0.15) is 43.0 Å². The Morgan fingerprint density at radius 1 is 1.32 bits per heavy atom. The van der Waals surface area contributed by atoms with Gasteiger partial charge in [0, 0.05) is 6.54 Å². The van der Waals surface area contributed by atoms with Crippen molar-refractivity contribution in [3.63, 3.8) is 0 Å². The number of carbonyl (C=O) groups excluding carboxylic acids is 1. The Balaban J connectivity index is 1.97. The van der Waals surface area contributed by atoms with Gasteiger partial charge >= 0.3 is 5.91 Å². The lowest BCUT2D eigenvalue weighted by molar-refractivity contribution is -0.145. The minimum absolute atomic E-state index is 0.175. The molecule has 0 atom stereocenters. The van der Waals surface area contributed by atoms with Crippen molar-refractivity contribution < 1.29 is 14.0 Å². The summed E-state index contributed by atoms with van der Waals surface area (Å²) in [6.07, 6.45) is 1.99. The van der Waals surface area contributed by atoms with Gasteiger partial charge in [-0.1, -0.05) is 13.8 Å². The Hall–Kier alpha value is -1.33. The number of carbonyl (C=O) groups is 1. The molecule has 0 spiro atoms. The Kier molecular flexibility index (Phi) is 4.99. The maximum absolute atomic E-state index is 12.1. The number of hydroxylamine groups is 2. The molecule has 5 heteroatoms. The zero-order chi connectivity index (χ0) is 13.7. The number of hydrogen-bond donors (Lipinski definition) is 0. The van der Waals surface area contributed by atoms with Crippen LogP contribution in [0.5, 0.6) is 0 Å². The summed E-state index contributed by atoms with van der Waals surface area (Å²) in [5.74, 6) is 1.01. The topological polar surface area (TPSA) is 45.9 Å². The summed E-state index contributed by atoms with van der Waals surface area (Å²) in [5, 5.41) is 1.41. The van der Waals surface area contributed by atoms with E-state index in [-0.39, 0.29) is 5.91 Å². The van der Waals surface area contributed by atoms with Crippen molar-refractivity contribution >= 4 is 5.91 Å². The number of nitrogens with zero attached hydrogens (tertiary/aromatic N) is 2. The molecule has 1 aliphatic heterocycles. The van der Waals surface area contributed by atoms with E-state index in [0.717, 1.165) is 38.2 Å². The highest BCUT2D eigenvalue weighted by atomic mass is 16.7. The molecule has 2 rings (SSSR count). The average Bonchev–Trinajstić information content (AvgIpc) is 2.93. The lowest BCUT2D eigenvalue weighted by Crippen LogP contribution is -2.35. The molecular formula is C14H22N2O3. The van der Waals surface area contributed by atoms with Gasteiger partial charge in [0.1, 0.15) is 5.76 Å². The van der Waals surface area contributed by atoms with Crippen molar-refractivity contribution in [1.82, 2.24) is 9.96 Å². The summed E-state index contributed by atoms with van der Waals surface area (Å²) in [6, 6.07) is 3.61. The molecule has 1 amide bonds. The molecule has 1 aromatic rings. The number of rotatable bonds is 5. The van der Waals surface area contributed by atoms with Crippen LogP contribution in [0.3, 0.4) is 0 Å². The van der Waals surface area contributed by atoms with Crippen LogP contribution in [-0.4, -0.2) is 42.1 Å². The van der Waals surface area contributed by atoms with Crippen molar-refractivity contribution in [2.75, 3.05) is 26.2 Å². The van der Waals surface area contributed by atoms with Crippen LogP contribution < -0.4 is 0 Å². The van der Waals surface area contributed by atoms with Gasteiger partial charge in [0.15, 0.2) is 5.76 Å². The van der Waals surface area contributed by atoms with Gasteiger partial charge in [-0.05, 0) is 38.1 Å². The van der Waals surface area contributed by atoms with Gasteiger partial charge in [-0.25, -0.2) is 5.06 Å². The van der Waals surface area contributed by atoms with Crippen molar-refractivity contribution in [2.45, 2.75) is 33.2 Å². The van der Waals surface area contributed by atoms with Gasteiger partial charge in [0.05, 0.1) is 13.2 Å². The van der Waals surface area contributed by atoms with E-state index in [1.165, 1.54) is 5.06 Å². The van der Waals surface area contributed by atoms with E-state index < -0.39 is 0 Å². The summed E-state index contributed by atoms with van der Waals surface area (Å²) in [7, 11) is 0. The Labute approximate surface area is 114 Å². The molecular weight excluding hydrogens is 244 g/mol. The molecule has 1 saturated heterocycles. The predicted molar refractivity (Wildman–Crippen MR) is 71.6 cm³/mol. The quantitative estimate of drug-likeness (QED) is 0.820. The van der Waals surface area contributed by atoms with E-state index in [1.54, 1.807) is 6.07 Å². The molecule has 1 aliphatic rings. The fourth-order valence-electron chi connectivity index (χ4n) is 2.13. The number of hydrogen-bond acceptors (Lipinski definition) is 4. The van der Waals surface area contributed by atoms with E-state index >= 15 is 0 Å². The molecule has 2 heterocycles. The number of amides is 1. The third kappa shape index (κ3) is 3.58. The van der Waals surface area contributed by atoms with Crippen LogP contribution in [0.2, 0.25) is 0 Å². The first-order valence-corrected chi connectivity index (χ1v) is 7.00. The van der Waals surface area contributed by atoms with E-state index in [0.29, 0.717) is 18.9 Å². The lowest BCUT2D eigenvalue weighted by Gasteiger charge is -2.24. The highest BCUT2D eigenvalue weighted by molar-refractivity contribution is 5.90. The fraction of sp³-hybridized carbons (Fsp3) is 0.643. The minimum Gasteiger partial charge on any atom is -0.454 e. The van der Waals surface area contributed by atoms with E-state index in [2.05, 4.69) is 18.7 Å². The Morgan fingerprint density at radius 2 is 2.11 bits per heavy atom. The largest absolute Gasteiger partial charge is 0.454 e. The van der Waals surface area contributed by atoms with Crippen LogP contribution >= 0.6 is 0 Å². The SMILES string of the molecule is CCN(CC)Cc1ccc(C(=O)N2CCCCO2)o1. The summed E-state index contributed by atoms with van der Waals surface area (Å²) in [6.45, 7) is 8.15. The molecule has 0 aliphatic carbocycles. The zero-order valence-electron chi connectivity index (χ0n) is 11.7. The molecule has 0 aromatic carbocycles. The molecule has 1 aromatic heterocycles. The number of furan rings is 1. The molecule has 0 radical (unpaired) electrons. The van der Waals surface area contributed by atoms with Crippen LogP contribution in [0, 0.1) is 0 Å². The molecule has 5 nitrogen and oxygen atoms in total. The van der Waals surface area contributed by atoms with Crippen LogP contribution in [0.25, 0.3) is 0 Å². The van der Waals surface area contributed by atoms with E-state index in [4.69, 9.17) is 9.25 Å². The molecule has 106 valence electrons. The van der Waals surface area contributed by atoms with E-state index in [1.807, 2.05) is 6.07 Å². The van der Waals surface area contributed by atoms with Crippen molar-refractivity contribution in [3.8, 4) is 0 Å². The first kappa shape index (κ1) is 14.1. The Bertz CT molecular complexity index is 407. The maximum atomic E-state index is 12.1. The highest BCUT2D eigenvalue weighted by Gasteiger charge is 2.22. The van der Waals surface area contributed by atoms with Gasteiger partial charge in [-0.15, -0.1) is 0 Å². The smallest absolute Gasteiger partial charge is 0.313 e. The third-order valence-electron chi connectivity index (χ3n) is 3.38. The van der Waals surface area contributed by atoms with Crippen molar-refractivity contribution in [3.05, 3.63) is 23.7 Å². The molecule has 0 unspecified atom stereocenters. The second-order valence-corrected chi connectivity index (χ2v) is 4.67. The van der Waals surface area contributed by atoms with Crippen LogP contribution in [-0.2, 0) is 11.4 Å². The molecule has 0 bridgehead atoms. The molecule has 1 fully saturated rings. The monoisotopic (exact) mass is 266 g/mol. The molecule has 0 N–H and O–H groups in total. The maximum Gasteiger partial charge on any atom is 0.313 e. The minimum atomic E-state index is -0.175. The highest BCUT2D eigenvalue weighted by Crippen LogP contribution is 2.15. The second kappa shape index (κ2) is 6.73. The van der Waals surface area contributed by atoms with Crippen molar-refractivity contribution in [2.24, 2.45) is 0 Å². The second-order valence-electron chi connectivity index (χ2n) is 4.67. The van der Waals surface area contributed by atoms with Gasteiger partial charge in [0.2, 0.25) is 0 Å². The summed E-state index contributed by atoms with van der Waals surface area (Å²) >= 11 is 0. The normalized spacial score (nSPS) is 16.1. The third-order valence-corrected chi connectivity index (χ3v) is 3.38. The van der Waals surface area contributed by atoms with Gasteiger partial charge in [0.25, 0.3) is 0 Å². The van der Waals surface area contributed by atoms with E-state index in [9.17, 15) is 4.79 Å². The van der Waals surface area contributed by atoms with Gasteiger partial charge in [-0.3, -0.25) is 14.5 Å². The summed E-state index contributed by atoms with van der Waals surface area (Å²) < 4.78 is 5.62. The fourth-order valence-corrected chi connectivity index (χ4v) is 2.13. The first-order valence-electron chi connectivity index (χ1n) is 7.00. The first-order chi connectivity index (χ1) is 9.24. The van der Waals surface area contributed by atoms with Gasteiger partial charge < -0.3 is 4.42 Å². The average molecular weight is 266 g/mol. The van der Waals surface area contributed by atoms with Crippen molar-refractivity contribution in [1.29, 1.82) is 0 Å². The van der Waals surface area contributed by atoms with Crippen LogP contribution in [0.4, 0.5) is 0 Å².